The second-order valence-corrected chi connectivity index (χ2v) is 5.67. The van der Waals surface area contributed by atoms with E-state index in [2.05, 4.69) is 38.8 Å². The Balaban J connectivity index is -0.000000152. The molecule has 1 N–H and O–H groups in total. The summed E-state index contributed by atoms with van der Waals surface area (Å²) in [4.78, 5) is 22.8. The Bertz CT molecular complexity index is 568. The number of hydrogen-bond acceptors (Lipinski definition) is 5. The molecule has 6 nitrogen and oxygen atoms in total. The second kappa shape index (κ2) is 24.0. The predicted molar refractivity (Wildman–Crippen MR) is 131 cm³/mol. The third-order valence-electron chi connectivity index (χ3n) is 2.83. The molecule has 0 aliphatic carbocycles. The molecule has 0 bridgehead atoms. The first-order valence-electron chi connectivity index (χ1n) is 9.30. The smallest absolute Gasteiger partial charge is 0.302 e. The number of nitrogens with zero attached hydrogens (tertiary/aromatic N) is 2. The number of anilines is 2. The molecule has 0 amide bonds. The van der Waals surface area contributed by atoms with Crippen LogP contribution in [-0.2, 0) is 14.3 Å². The van der Waals surface area contributed by atoms with E-state index in [0.29, 0.717) is 0 Å². The minimum atomic E-state index is -0.833. The molecule has 30 heavy (non-hydrogen) atoms. The van der Waals surface area contributed by atoms with Crippen LogP contribution in [0, 0.1) is 0 Å². The molecule has 2 rings (SSSR count). The van der Waals surface area contributed by atoms with Crippen LogP contribution >= 0.6 is 0 Å². The average molecular weight is 423 g/mol. The monoisotopic (exact) mass is 422 g/mol. The van der Waals surface area contributed by atoms with Crippen molar-refractivity contribution in [3.63, 3.8) is 0 Å². The molecule has 0 spiro atoms. The largest absolute Gasteiger partial charge is 0.481 e. The molecule has 0 atom stereocenters. The summed E-state index contributed by atoms with van der Waals surface area (Å²) in [5, 5.41) is 7.42. The van der Waals surface area contributed by atoms with Crippen LogP contribution in [0.5, 0.6) is 0 Å². The Morgan fingerprint density at radius 3 is 1.03 bits per heavy atom. The summed E-state index contributed by atoms with van der Waals surface area (Å²) in [6, 6.07) is 20.5. The van der Waals surface area contributed by atoms with Gasteiger partial charge in [0.25, 0.3) is 5.97 Å². The molecule has 0 unspecified atom stereocenters. The number of carbonyl (C=O) groups is 2. The number of ether oxygens (including phenoxy) is 1. The topological polar surface area (TPSA) is 70.1 Å². The van der Waals surface area contributed by atoms with E-state index in [1.54, 1.807) is 0 Å². The lowest BCUT2D eigenvalue weighted by Crippen LogP contribution is -2.07. The van der Waals surface area contributed by atoms with Crippen LogP contribution in [0.1, 0.15) is 35.1 Å². The maximum atomic E-state index is 9.59. The second-order valence-electron chi connectivity index (χ2n) is 5.67. The number of benzene rings is 2. The van der Waals surface area contributed by atoms with Crippen molar-refractivity contribution in [2.24, 2.45) is 0 Å². The number of carbonyl (C=O) groups excluding carboxylic acids is 1. The van der Waals surface area contributed by atoms with Crippen LogP contribution in [0.25, 0.3) is 0 Å². The highest BCUT2D eigenvalue weighted by Crippen LogP contribution is 2.08. The molecule has 0 aliphatic heterocycles. The zero-order valence-corrected chi connectivity index (χ0v) is 19.3. The van der Waals surface area contributed by atoms with Gasteiger partial charge in [0.1, 0.15) is 0 Å². The summed E-state index contributed by atoms with van der Waals surface area (Å²) in [6.07, 6.45) is 0. The lowest BCUT2D eigenvalue weighted by molar-refractivity contribution is -0.138. The Morgan fingerprint density at radius 1 is 0.733 bits per heavy atom. The number of rotatable bonds is 2. The van der Waals surface area contributed by atoms with E-state index in [1.165, 1.54) is 25.4 Å². The highest BCUT2D eigenvalue weighted by atomic mass is 16.5. The van der Waals surface area contributed by atoms with E-state index in [-0.39, 0.29) is 13.4 Å². The zero-order valence-electron chi connectivity index (χ0n) is 19.3. The molecule has 172 valence electrons. The molecule has 0 aromatic heterocycles. The lowest BCUT2D eigenvalue weighted by Gasteiger charge is -2.10. The number of esters is 1. The summed E-state index contributed by atoms with van der Waals surface area (Å²) >= 11 is 0. The SMILES string of the molecule is C.CC.CC(=O)O.CN(C)c1ccccc1.CN(C)c1ccccc1.COC(C)=O. The minimum Gasteiger partial charge on any atom is -0.481 e. The van der Waals surface area contributed by atoms with E-state index in [1.807, 2.05) is 78.4 Å². The van der Waals surface area contributed by atoms with Crippen molar-refractivity contribution in [2.75, 3.05) is 45.1 Å². The molecule has 0 saturated carbocycles. The van der Waals surface area contributed by atoms with Crippen molar-refractivity contribution in [1.82, 2.24) is 0 Å². The van der Waals surface area contributed by atoms with Gasteiger partial charge in [-0.3, -0.25) is 9.59 Å². The van der Waals surface area contributed by atoms with Crippen LogP contribution in [0.2, 0.25) is 0 Å². The number of aliphatic carboxylic acids is 1. The van der Waals surface area contributed by atoms with Gasteiger partial charge in [0.15, 0.2) is 0 Å². The van der Waals surface area contributed by atoms with Crippen molar-refractivity contribution < 1.29 is 19.4 Å². The number of methoxy groups -OCH3 is 1. The molecule has 0 saturated heterocycles. The Morgan fingerprint density at radius 2 is 0.933 bits per heavy atom. The van der Waals surface area contributed by atoms with Crippen molar-refractivity contribution in [3.8, 4) is 0 Å². The Kier molecular flexibility index (Phi) is 27.6. The molecule has 0 heterocycles. The van der Waals surface area contributed by atoms with Gasteiger partial charge < -0.3 is 19.6 Å². The maximum Gasteiger partial charge on any atom is 0.302 e. The molecular weight excluding hydrogens is 380 g/mol. The van der Waals surface area contributed by atoms with Gasteiger partial charge in [0.05, 0.1) is 7.11 Å². The van der Waals surface area contributed by atoms with Crippen molar-refractivity contribution in [3.05, 3.63) is 60.7 Å². The normalized spacial score (nSPS) is 7.63. The number of para-hydroxylation sites is 2. The lowest BCUT2D eigenvalue weighted by atomic mass is 10.3. The number of carboxylic acids is 1. The number of carboxylic acid groups (broad SMARTS) is 1. The summed E-state index contributed by atoms with van der Waals surface area (Å²) in [7, 11) is 9.50. The van der Waals surface area contributed by atoms with Crippen LogP contribution in [-0.4, -0.2) is 52.3 Å². The van der Waals surface area contributed by atoms with Gasteiger partial charge >= 0.3 is 5.97 Å². The third-order valence-corrected chi connectivity index (χ3v) is 2.83. The standard InChI is InChI=1S/2C8H11N.C3H6O2.C2H4O2.C2H6.CH4/c2*1-9(2)8-6-4-3-5-7-8;1-3(4)5-2;1-2(3)4;1-2;/h2*3-7H,1-2H3;1-2H3;1H3,(H,3,4);1-2H3;1H4. The average Bonchev–Trinajstić information content (AvgIpc) is 2.71. The van der Waals surface area contributed by atoms with Gasteiger partial charge in [-0.1, -0.05) is 57.7 Å². The van der Waals surface area contributed by atoms with Crippen molar-refractivity contribution >= 4 is 23.3 Å². The zero-order chi connectivity index (χ0) is 23.2. The van der Waals surface area contributed by atoms with Crippen LogP contribution in [0.4, 0.5) is 11.4 Å². The van der Waals surface area contributed by atoms with E-state index in [4.69, 9.17) is 9.90 Å². The number of hydrogen-bond donors (Lipinski definition) is 1. The Hall–Kier alpha value is -3.02. The molecule has 0 aliphatic rings. The first-order valence-corrected chi connectivity index (χ1v) is 9.30. The quantitative estimate of drug-likeness (QED) is 0.650. The van der Waals surface area contributed by atoms with Gasteiger partial charge in [-0.05, 0) is 24.3 Å². The van der Waals surface area contributed by atoms with Crippen LogP contribution < -0.4 is 9.80 Å². The van der Waals surface area contributed by atoms with Crippen LogP contribution in [0.15, 0.2) is 60.7 Å². The van der Waals surface area contributed by atoms with Gasteiger partial charge in [-0.15, -0.1) is 0 Å². The van der Waals surface area contributed by atoms with E-state index < -0.39 is 5.97 Å². The molecule has 0 fully saturated rings. The van der Waals surface area contributed by atoms with E-state index in [0.717, 1.165) is 6.92 Å². The fourth-order valence-corrected chi connectivity index (χ4v) is 1.45. The Labute approximate surface area is 184 Å². The highest BCUT2D eigenvalue weighted by molar-refractivity contribution is 5.65. The summed E-state index contributed by atoms with van der Waals surface area (Å²) in [6.45, 7) is 6.44. The highest BCUT2D eigenvalue weighted by Gasteiger charge is 1.88. The first kappa shape index (κ1) is 34.5. The van der Waals surface area contributed by atoms with Crippen molar-refractivity contribution in [2.45, 2.75) is 35.1 Å². The fraction of sp³-hybridized carbons (Fsp3) is 0.417. The molecular formula is C24H42N2O4. The summed E-state index contributed by atoms with van der Waals surface area (Å²) < 4.78 is 4.11. The molecule has 6 heteroatoms. The van der Waals surface area contributed by atoms with E-state index in [9.17, 15) is 4.79 Å². The van der Waals surface area contributed by atoms with Crippen molar-refractivity contribution in [1.29, 1.82) is 0 Å². The van der Waals surface area contributed by atoms with Gasteiger partial charge in [0.2, 0.25) is 0 Å². The molecule has 2 aromatic carbocycles. The summed E-state index contributed by atoms with van der Waals surface area (Å²) in [5.74, 6) is -1.08. The fourth-order valence-electron chi connectivity index (χ4n) is 1.45. The van der Waals surface area contributed by atoms with Crippen LogP contribution in [0.3, 0.4) is 0 Å². The van der Waals surface area contributed by atoms with E-state index >= 15 is 0 Å². The summed E-state index contributed by atoms with van der Waals surface area (Å²) in [5.41, 5.74) is 2.50. The molecule has 2 aromatic rings. The van der Waals surface area contributed by atoms with Gasteiger partial charge in [-0.25, -0.2) is 0 Å². The first-order chi connectivity index (χ1) is 13.6. The minimum absolute atomic E-state index is 0. The van der Waals surface area contributed by atoms with Gasteiger partial charge in [-0.2, -0.15) is 0 Å². The molecule has 0 radical (unpaired) electrons. The predicted octanol–water partition coefficient (Wildman–Crippen LogP) is 5.44. The van der Waals surface area contributed by atoms with Gasteiger partial charge in [0, 0.05) is 53.4 Å². The maximum absolute atomic E-state index is 9.59. The third kappa shape index (κ3) is 27.2.